The summed E-state index contributed by atoms with van der Waals surface area (Å²) in [6.07, 6.45) is 27.2. The number of aliphatic hydroxyl groups is 2. The Kier molecular flexibility index (Phi) is 28.1. The molecule has 284 valence electrons. The topological polar surface area (TPSA) is 106 Å². The smallest absolute Gasteiger partial charge is 0.311 e. The number of hydrogen-bond acceptors (Lipinski definition) is 8. The standard InChI is InChI=1S/C41H73NO7/c1-5-7-9-11-13-15-17-19-21-23-26-36(44)32-42(33-37(45)27-24-22-20-18-16-14-12-10-8-6-2)29-25-28-40(46)49-41-38(47-3)30-35(34-43)31-39(41)48-4/h30-31,34,36-37,44-45H,5-29,32-33H2,1-4H3. The second kappa shape index (κ2) is 30.6. The van der Waals surface area contributed by atoms with Crippen LogP contribution >= 0.6 is 0 Å². The van der Waals surface area contributed by atoms with Crippen LogP contribution in [0.3, 0.4) is 0 Å². The number of carbonyl (C=O) groups excluding carboxylic acids is 2. The minimum absolute atomic E-state index is 0.149. The molecule has 2 N–H and O–H groups in total. The highest BCUT2D eigenvalue weighted by Crippen LogP contribution is 2.38. The second-order valence-electron chi connectivity index (χ2n) is 14.0. The molecule has 2 atom stereocenters. The Bertz CT molecular complexity index is 899. The Morgan fingerprint density at radius 1 is 0.653 bits per heavy atom. The van der Waals surface area contributed by atoms with Crippen molar-refractivity contribution >= 4 is 12.3 Å². The van der Waals surface area contributed by atoms with E-state index in [0.29, 0.717) is 37.9 Å². The fourth-order valence-electron chi connectivity index (χ4n) is 6.45. The van der Waals surface area contributed by atoms with Gasteiger partial charge in [0.2, 0.25) is 5.75 Å². The van der Waals surface area contributed by atoms with Crippen LogP contribution in [0.15, 0.2) is 12.1 Å². The summed E-state index contributed by atoms with van der Waals surface area (Å²) in [5.41, 5.74) is 0.358. The molecule has 0 saturated carbocycles. The lowest BCUT2D eigenvalue weighted by atomic mass is 10.0. The molecule has 1 aromatic rings. The molecule has 8 nitrogen and oxygen atoms in total. The predicted molar refractivity (Wildman–Crippen MR) is 201 cm³/mol. The van der Waals surface area contributed by atoms with Crippen LogP contribution < -0.4 is 14.2 Å². The Hall–Kier alpha value is -2.16. The first-order chi connectivity index (χ1) is 23.9. The lowest BCUT2D eigenvalue weighted by Gasteiger charge is -2.27. The molecule has 1 aromatic carbocycles. The maximum Gasteiger partial charge on any atom is 0.311 e. The van der Waals surface area contributed by atoms with Crippen LogP contribution in [0.5, 0.6) is 17.2 Å². The zero-order valence-electron chi connectivity index (χ0n) is 31.9. The van der Waals surface area contributed by atoms with Gasteiger partial charge in [0.25, 0.3) is 0 Å². The molecule has 0 heterocycles. The molecule has 0 spiro atoms. The maximum absolute atomic E-state index is 12.8. The van der Waals surface area contributed by atoms with Crippen LogP contribution in [0.4, 0.5) is 0 Å². The van der Waals surface area contributed by atoms with Gasteiger partial charge in [0.05, 0.1) is 26.4 Å². The molecule has 0 amide bonds. The van der Waals surface area contributed by atoms with Crippen molar-refractivity contribution in [2.24, 2.45) is 0 Å². The van der Waals surface area contributed by atoms with E-state index >= 15 is 0 Å². The third kappa shape index (κ3) is 23.0. The van der Waals surface area contributed by atoms with E-state index in [0.717, 1.165) is 38.5 Å². The molecule has 1 rings (SSSR count). The highest BCUT2D eigenvalue weighted by Gasteiger charge is 2.20. The van der Waals surface area contributed by atoms with E-state index in [1.54, 1.807) is 0 Å². The summed E-state index contributed by atoms with van der Waals surface area (Å²) in [5, 5.41) is 21.8. The molecule has 0 radical (unpaired) electrons. The van der Waals surface area contributed by atoms with Crippen molar-refractivity contribution in [2.75, 3.05) is 33.9 Å². The van der Waals surface area contributed by atoms with Gasteiger partial charge in [-0.25, -0.2) is 0 Å². The fraction of sp³-hybridized carbons (Fsp3) is 0.805. The minimum Gasteiger partial charge on any atom is -0.493 e. The number of ether oxygens (including phenoxy) is 3. The first-order valence-corrected chi connectivity index (χ1v) is 19.9. The van der Waals surface area contributed by atoms with Gasteiger partial charge in [0, 0.05) is 25.1 Å². The van der Waals surface area contributed by atoms with Crippen LogP contribution in [-0.4, -0.2) is 73.4 Å². The SMILES string of the molecule is CCCCCCCCCCCCC(O)CN(CCCC(=O)Oc1c(OC)cc(C=O)cc1OC)CC(O)CCCCCCCCCCCC. The predicted octanol–water partition coefficient (Wildman–Crippen LogP) is 9.85. The van der Waals surface area contributed by atoms with Crippen molar-refractivity contribution in [2.45, 2.75) is 180 Å². The van der Waals surface area contributed by atoms with E-state index in [2.05, 4.69) is 18.7 Å². The molecule has 0 saturated heterocycles. The zero-order chi connectivity index (χ0) is 36.0. The first-order valence-electron chi connectivity index (χ1n) is 19.9. The number of methoxy groups -OCH3 is 2. The average Bonchev–Trinajstić information content (AvgIpc) is 3.09. The van der Waals surface area contributed by atoms with E-state index < -0.39 is 18.2 Å². The second-order valence-corrected chi connectivity index (χ2v) is 14.0. The van der Waals surface area contributed by atoms with Gasteiger partial charge in [-0.1, -0.05) is 142 Å². The third-order valence-electron chi connectivity index (χ3n) is 9.41. The van der Waals surface area contributed by atoms with Gasteiger partial charge in [-0.3, -0.25) is 14.5 Å². The highest BCUT2D eigenvalue weighted by atomic mass is 16.6. The van der Waals surface area contributed by atoms with Crippen molar-refractivity contribution in [3.05, 3.63) is 17.7 Å². The van der Waals surface area contributed by atoms with E-state index in [1.807, 2.05) is 0 Å². The van der Waals surface area contributed by atoms with Gasteiger partial charge in [0.1, 0.15) is 6.29 Å². The number of unbranched alkanes of at least 4 members (excludes halogenated alkanes) is 18. The minimum atomic E-state index is -0.463. The maximum atomic E-state index is 12.8. The largest absolute Gasteiger partial charge is 0.493 e. The molecule has 0 aromatic heterocycles. The molecule has 0 aliphatic carbocycles. The molecule has 0 bridgehead atoms. The van der Waals surface area contributed by atoms with Gasteiger partial charge >= 0.3 is 5.97 Å². The quantitative estimate of drug-likeness (QED) is 0.0319. The summed E-state index contributed by atoms with van der Waals surface area (Å²) in [5.74, 6) is 0.215. The summed E-state index contributed by atoms with van der Waals surface area (Å²) in [4.78, 5) is 26.2. The van der Waals surface area contributed by atoms with Gasteiger partial charge in [-0.15, -0.1) is 0 Å². The van der Waals surface area contributed by atoms with Crippen molar-refractivity contribution < 1.29 is 34.0 Å². The molecule has 0 fully saturated rings. The normalized spacial score (nSPS) is 12.6. The summed E-state index contributed by atoms with van der Waals surface area (Å²) >= 11 is 0. The van der Waals surface area contributed by atoms with Crippen LogP contribution in [0.25, 0.3) is 0 Å². The Labute approximate surface area is 299 Å². The number of rotatable bonds is 34. The average molecular weight is 692 g/mol. The van der Waals surface area contributed by atoms with Crippen molar-refractivity contribution in [1.29, 1.82) is 0 Å². The Morgan fingerprint density at radius 3 is 1.41 bits per heavy atom. The van der Waals surface area contributed by atoms with E-state index in [4.69, 9.17) is 14.2 Å². The lowest BCUT2D eigenvalue weighted by molar-refractivity contribution is -0.134. The summed E-state index contributed by atoms with van der Waals surface area (Å²) < 4.78 is 16.3. The molecule has 2 unspecified atom stereocenters. The van der Waals surface area contributed by atoms with E-state index in [-0.39, 0.29) is 23.7 Å². The van der Waals surface area contributed by atoms with Crippen molar-refractivity contribution in [1.82, 2.24) is 4.90 Å². The summed E-state index contributed by atoms with van der Waals surface area (Å²) in [6, 6.07) is 3.01. The van der Waals surface area contributed by atoms with Crippen molar-refractivity contribution in [3.63, 3.8) is 0 Å². The van der Waals surface area contributed by atoms with E-state index in [9.17, 15) is 19.8 Å². The Balaban J connectivity index is 2.55. The molecule has 0 aliphatic rings. The molecule has 0 aliphatic heterocycles. The number of aldehydes is 1. The molecule has 49 heavy (non-hydrogen) atoms. The number of benzene rings is 1. The molecular formula is C41H73NO7. The van der Waals surface area contributed by atoms with Crippen LogP contribution in [-0.2, 0) is 4.79 Å². The van der Waals surface area contributed by atoms with Gasteiger partial charge in [-0.2, -0.15) is 0 Å². The molecular weight excluding hydrogens is 618 g/mol. The first kappa shape index (κ1) is 44.9. The van der Waals surface area contributed by atoms with Crippen LogP contribution in [0, 0.1) is 0 Å². The van der Waals surface area contributed by atoms with Gasteiger partial charge in [0.15, 0.2) is 11.5 Å². The fourth-order valence-corrected chi connectivity index (χ4v) is 6.45. The monoisotopic (exact) mass is 692 g/mol. The number of esters is 1. The number of hydrogen-bond donors (Lipinski definition) is 2. The zero-order valence-corrected chi connectivity index (χ0v) is 31.9. The highest BCUT2D eigenvalue weighted by molar-refractivity contribution is 5.80. The lowest BCUT2D eigenvalue weighted by Crippen LogP contribution is -2.39. The van der Waals surface area contributed by atoms with Gasteiger partial charge in [-0.05, 0) is 37.9 Å². The van der Waals surface area contributed by atoms with Crippen LogP contribution in [0.1, 0.15) is 178 Å². The van der Waals surface area contributed by atoms with Crippen LogP contribution in [0.2, 0.25) is 0 Å². The summed E-state index contributed by atoms with van der Waals surface area (Å²) in [6.45, 7) is 6.03. The third-order valence-corrected chi connectivity index (χ3v) is 9.41. The number of carbonyl (C=O) groups is 2. The van der Waals surface area contributed by atoms with E-state index in [1.165, 1.54) is 129 Å². The van der Waals surface area contributed by atoms with Gasteiger partial charge < -0.3 is 24.4 Å². The number of aliphatic hydroxyl groups excluding tert-OH is 2. The molecule has 8 heteroatoms. The van der Waals surface area contributed by atoms with Crippen molar-refractivity contribution in [3.8, 4) is 17.2 Å². The summed E-state index contributed by atoms with van der Waals surface area (Å²) in [7, 11) is 2.89. The number of nitrogens with zero attached hydrogens (tertiary/aromatic N) is 1. The Morgan fingerprint density at radius 2 is 1.04 bits per heavy atom.